The van der Waals surface area contributed by atoms with Crippen molar-refractivity contribution in [2.45, 2.75) is 24.5 Å². The van der Waals surface area contributed by atoms with Crippen molar-refractivity contribution in [3.8, 4) is 12.5 Å². The zero-order chi connectivity index (χ0) is 14.8. The molecule has 1 aromatic rings. The van der Waals surface area contributed by atoms with Gasteiger partial charge in [0.2, 0.25) is 5.79 Å². The molecule has 0 saturated carbocycles. The van der Waals surface area contributed by atoms with Crippen molar-refractivity contribution < 1.29 is 17.9 Å². The van der Waals surface area contributed by atoms with Crippen molar-refractivity contribution >= 4 is 10.0 Å². The maximum Gasteiger partial charge on any atom is 0.271 e. The number of nitrogens with zero attached hydrogens (tertiary/aromatic N) is 1. The molecule has 0 aliphatic carbocycles. The van der Waals surface area contributed by atoms with Gasteiger partial charge in [0.05, 0.1) is 4.90 Å². The molecule has 0 radical (unpaired) electrons. The molecule has 0 aromatic heterocycles. The first-order valence-electron chi connectivity index (χ1n) is 5.95. The molecule has 6 heteroatoms. The van der Waals surface area contributed by atoms with Crippen LogP contribution in [0, 0.1) is 12.5 Å². The van der Waals surface area contributed by atoms with Gasteiger partial charge in [-0.05, 0) is 12.1 Å². The van der Waals surface area contributed by atoms with Crippen LogP contribution < -0.4 is 0 Å². The van der Waals surface area contributed by atoms with Gasteiger partial charge >= 0.3 is 0 Å². The first kappa shape index (κ1) is 14.3. The van der Waals surface area contributed by atoms with Gasteiger partial charge in [-0.15, -0.1) is 0 Å². The quantitative estimate of drug-likeness (QED) is 0.628. The lowest BCUT2D eigenvalue weighted by molar-refractivity contribution is -0.117. The SMILES string of the molecule is C#CN(CC1=COC(C)(C)O1)S(=O)(=O)c1ccccc1. The first-order chi connectivity index (χ1) is 9.35. The van der Waals surface area contributed by atoms with Crippen LogP contribution in [0.15, 0.2) is 47.2 Å². The van der Waals surface area contributed by atoms with E-state index in [1.54, 1.807) is 32.0 Å². The lowest BCUT2D eigenvalue weighted by Crippen LogP contribution is -2.30. The molecule has 0 bridgehead atoms. The van der Waals surface area contributed by atoms with Crippen molar-refractivity contribution in [3.05, 3.63) is 42.4 Å². The predicted octanol–water partition coefficient (Wildman–Crippen LogP) is 1.89. The minimum absolute atomic E-state index is 0.0723. The Kier molecular flexibility index (Phi) is 3.64. The highest BCUT2D eigenvalue weighted by atomic mass is 32.2. The molecule has 0 unspecified atom stereocenters. The standard InChI is InChI=1S/C14H15NO4S/c1-4-15(10-12-11-18-14(2,3)19-12)20(16,17)13-8-6-5-7-9-13/h1,5-9,11H,10H2,2-3H3. The lowest BCUT2D eigenvalue weighted by Gasteiger charge is -2.21. The van der Waals surface area contributed by atoms with E-state index in [4.69, 9.17) is 15.9 Å². The third kappa shape index (κ3) is 2.89. The van der Waals surface area contributed by atoms with Gasteiger partial charge in [-0.25, -0.2) is 12.7 Å². The fraction of sp³-hybridized carbons (Fsp3) is 0.286. The molecule has 0 N–H and O–H groups in total. The van der Waals surface area contributed by atoms with Crippen LogP contribution in [-0.4, -0.2) is 25.1 Å². The third-order valence-electron chi connectivity index (χ3n) is 2.63. The minimum atomic E-state index is -3.76. The van der Waals surface area contributed by atoms with Gasteiger partial charge in [0, 0.05) is 19.9 Å². The molecular weight excluding hydrogens is 278 g/mol. The Morgan fingerprint density at radius 3 is 2.45 bits per heavy atom. The summed E-state index contributed by atoms with van der Waals surface area (Å²) in [7, 11) is -3.76. The lowest BCUT2D eigenvalue weighted by atomic mass is 10.4. The maximum atomic E-state index is 12.4. The highest BCUT2D eigenvalue weighted by molar-refractivity contribution is 7.89. The Bertz CT molecular complexity index is 656. The molecular formula is C14H15NO4S. The molecule has 1 aromatic carbocycles. The van der Waals surface area contributed by atoms with E-state index >= 15 is 0 Å². The Balaban J connectivity index is 2.20. The summed E-state index contributed by atoms with van der Waals surface area (Å²) in [6.45, 7) is 3.38. The molecule has 5 nitrogen and oxygen atoms in total. The Hall–Kier alpha value is -2.13. The average molecular weight is 293 g/mol. The summed E-state index contributed by atoms with van der Waals surface area (Å²) in [5, 5.41) is 0. The second-order valence-corrected chi connectivity index (χ2v) is 6.52. The fourth-order valence-electron chi connectivity index (χ4n) is 1.70. The summed E-state index contributed by atoms with van der Waals surface area (Å²) in [5.74, 6) is -0.431. The van der Waals surface area contributed by atoms with Gasteiger partial charge in [-0.2, -0.15) is 0 Å². The van der Waals surface area contributed by atoms with Crippen LogP contribution in [0.2, 0.25) is 0 Å². The zero-order valence-electron chi connectivity index (χ0n) is 11.2. The van der Waals surface area contributed by atoms with Crippen LogP contribution in [0.25, 0.3) is 0 Å². The summed E-state index contributed by atoms with van der Waals surface area (Å²) < 4.78 is 36.3. The van der Waals surface area contributed by atoms with Crippen LogP contribution in [0.1, 0.15) is 13.8 Å². The number of hydrogen-bond donors (Lipinski definition) is 0. The maximum absolute atomic E-state index is 12.4. The van der Waals surface area contributed by atoms with Gasteiger partial charge in [0.1, 0.15) is 12.8 Å². The third-order valence-corrected chi connectivity index (χ3v) is 4.31. The molecule has 0 spiro atoms. The highest BCUT2D eigenvalue weighted by Gasteiger charge is 2.31. The Morgan fingerprint density at radius 1 is 1.30 bits per heavy atom. The molecule has 20 heavy (non-hydrogen) atoms. The second kappa shape index (κ2) is 5.10. The van der Waals surface area contributed by atoms with E-state index in [2.05, 4.69) is 6.04 Å². The van der Waals surface area contributed by atoms with Crippen molar-refractivity contribution in [2.75, 3.05) is 6.54 Å². The second-order valence-electron chi connectivity index (χ2n) is 4.66. The predicted molar refractivity (Wildman–Crippen MR) is 73.5 cm³/mol. The van der Waals surface area contributed by atoms with Crippen LogP contribution in [0.5, 0.6) is 0 Å². The summed E-state index contributed by atoms with van der Waals surface area (Å²) >= 11 is 0. The summed E-state index contributed by atoms with van der Waals surface area (Å²) in [6.07, 6.45) is 6.69. The van der Waals surface area contributed by atoms with E-state index in [9.17, 15) is 8.42 Å². The van der Waals surface area contributed by atoms with E-state index in [1.807, 2.05) is 0 Å². The summed E-state index contributed by atoms with van der Waals surface area (Å²) in [6, 6.07) is 10.2. The molecule has 1 aliphatic rings. The van der Waals surface area contributed by atoms with E-state index < -0.39 is 15.8 Å². The Labute approximate surface area is 118 Å². The minimum Gasteiger partial charge on any atom is -0.457 e. The van der Waals surface area contributed by atoms with Crippen molar-refractivity contribution in [1.82, 2.24) is 4.31 Å². The van der Waals surface area contributed by atoms with Crippen LogP contribution in [0.3, 0.4) is 0 Å². The van der Waals surface area contributed by atoms with Crippen molar-refractivity contribution in [1.29, 1.82) is 0 Å². The molecule has 106 valence electrons. The molecule has 1 heterocycles. The monoisotopic (exact) mass is 293 g/mol. The fourth-order valence-corrected chi connectivity index (χ4v) is 2.89. The van der Waals surface area contributed by atoms with Gasteiger partial charge < -0.3 is 9.47 Å². The highest BCUT2D eigenvalue weighted by Crippen LogP contribution is 2.26. The number of rotatable bonds is 4. The zero-order valence-corrected chi connectivity index (χ0v) is 12.1. The normalized spacial score (nSPS) is 16.6. The van der Waals surface area contributed by atoms with Gasteiger partial charge in [-0.1, -0.05) is 24.6 Å². The smallest absolute Gasteiger partial charge is 0.271 e. The Morgan fingerprint density at radius 2 is 1.95 bits per heavy atom. The van der Waals surface area contributed by atoms with Gasteiger partial charge in [0.15, 0.2) is 5.76 Å². The van der Waals surface area contributed by atoms with Gasteiger partial charge in [-0.3, -0.25) is 0 Å². The molecule has 0 amide bonds. The number of ether oxygens (including phenoxy) is 2. The van der Waals surface area contributed by atoms with E-state index in [1.165, 1.54) is 18.4 Å². The molecule has 0 fully saturated rings. The van der Waals surface area contributed by atoms with Crippen molar-refractivity contribution in [3.63, 3.8) is 0 Å². The average Bonchev–Trinajstić information content (AvgIpc) is 2.76. The molecule has 0 saturated heterocycles. The van der Waals surface area contributed by atoms with Crippen LogP contribution >= 0.6 is 0 Å². The van der Waals surface area contributed by atoms with Gasteiger partial charge in [0.25, 0.3) is 10.0 Å². The molecule has 2 rings (SSSR count). The molecule has 1 aliphatic heterocycles. The number of hydrogen-bond acceptors (Lipinski definition) is 4. The topological polar surface area (TPSA) is 55.8 Å². The van der Waals surface area contributed by atoms with E-state index in [0.717, 1.165) is 4.31 Å². The first-order valence-corrected chi connectivity index (χ1v) is 7.39. The van der Waals surface area contributed by atoms with Crippen molar-refractivity contribution in [2.24, 2.45) is 0 Å². The largest absolute Gasteiger partial charge is 0.457 e. The number of benzene rings is 1. The number of terminal acetylenes is 1. The number of sulfonamides is 1. The van der Waals surface area contributed by atoms with E-state index in [0.29, 0.717) is 5.76 Å². The molecule has 0 atom stereocenters. The van der Waals surface area contributed by atoms with Crippen LogP contribution in [0.4, 0.5) is 0 Å². The van der Waals surface area contributed by atoms with Crippen LogP contribution in [-0.2, 0) is 19.5 Å². The summed E-state index contributed by atoms with van der Waals surface area (Å²) in [4.78, 5) is 0.136. The summed E-state index contributed by atoms with van der Waals surface area (Å²) in [5.41, 5.74) is 0. The van der Waals surface area contributed by atoms with E-state index in [-0.39, 0.29) is 11.4 Å².